The van der Waals surface area contributed by atoms with E-state index in [-0.39, 0.29) is 11.2 Å². The van der Waals surface area contributed by atoms with Crippen LogP contribution in [-0.4, -0.2) is 14.3 Å². The maximum atomic E-state index is 13.1. The van der Waals surface area contributed by atoms with E-state index in [1.165, 1.54) is 23.5 Å². The molecule has 0 aliphatic heterocycles. The first-order valence-corrected chi connectivity index (χ1v) is 10.7. The predicted octanol–water partition coefficient (Wildman–Crippen LogP) is 4.25. The third-order valence-electron chi connectivity index (χ3n) is 5.28. The fraction of sp³-hybridized carbons (Fsp3) is 0.0833. The third kappa shape index (κ3) is 3.50. The molecule has 2 heterocycles. The second-order valence-corrected chi connectivity index (χ2v) is 8.34. The topological polar surface area (TPSA) is 86.7 Å². The van der Waals surface area contributed by atoms with Crippen molar-refractivity contribution in [3.05, 3.63) is 108 Å². The Morgan fingerprint density at radius 1 is 1.12 bits per heavy atom. The molecule has 32 heavy (non-hydrogen) atoms. The first-order valence-electron chi connectivity index (χ1n) is 9.89. The van der Waals surface area contributed by atoms with Crippen molar-refractivity contribution < 1.29 is 9.66 Å². The van der Waals surface area contributed by atoms with Crippen molar-refractivity contribution in [1.82, 2.24) is 9.38 Å². The summed E-state index contributed by atoms with van der Waals surface area (Å²) >= 11 is 1.24. The number of non-ortho nitro benzene ring substituents is 1. The van der Waals surface area contributed by atoms with Crippen LogP contribution >= 0.6 is 11.3 Å². The molecule has 3 aromatic carbocycles. The van der Waals surface area contributed by atoms with Crippen molar-refractivity contribution in [2.75, 3.05) is 0 Å². The predicted molar refractivity (Wildman–Crippen MR) is 124 cm³/mol. The molecule has 8 heteroatoms. The highest BCUT2D eigenvalue weighted by Crippen LogP contribution is 2.26. The minimum atomic E-state index is -0.463. The van der Waals surface area contributed by atoms with Crippen LogP contribution in [0.2, 0.25) is 0 Å². The molecular weight excluding hydrogens is 426 g/mol. The van der Waals surface area contributed by atoms with Gasteiger partial charge in [-0.3, -0.25) is 14.9 Å². The van der Waals surface area contributed by atoms with Gasteiger partial charge in [-0.15, -0.1) is 0 Å². The molecule has 0 atom stereocenters. The van der Waals surface area contributed by atoms with Crippen molar-refractivity contribution in [3.63, 3.8) is 0 Å². The van der Waals surface area contributed by atoms with E-state index in [9.17, 15) is 14.9 Å². The standard InChI is InChI=1S/C24H17N3O4S/c1-15-6-2-3-7-16(15)14-31-21-11-10-18(27(29)30)12-17(21)13-22-23(28)26-20-9-5-4-8-19(20)25-24(26)32-22/h2-13H,14H2,1H3/b22-13+. The Morgan fingerprint density at radius 3 is 2.72 bits per heavy atom. The number of hydrogen-bond acceptors (Lipinski definition) is 6. The van der Waals surface area contributed by atoms with Gasteiger partial charge in [-0.1, -0.05) is 47.7 Å². The molecule has 0 N–H and O–H groups in total. The van der Waals surface area contributed by atoms with Gasteiger partial charge in [-0.2, -0.15) is 0 Å². The average Bonchev–Trinajstić information content (AvgIpc) is 3.30. The number of ether oxygens (including phenoxy) is 1. The summed E-state index contributed by atoms with van der Waals surface area (Å²) in [6, 6.07) is 19.7. The number of thiazole rings is 1. The van der Waals surface area contributed by atoms with Crippen LogP contribution in [0.4, 0.5) is 5.69 Å². The summed E-state index contributed by atoms with van der Waals surface area (Å²) in [7, 11) is 0. The summed E-state index contributed by atoms with van der Waals surface area (Å²) in [5.41, 5.74) is 3.78. The van der Waals surface area contributed by atoms with Crippen LogP contribution in [0.15, 0.2) is 71.5 Å². The molecule has 0 fully saturated rings. The number of imidazole rings is 1. The number of aromatic nitrogens is 2. The lowest BCUT2D eigenvalue weighted by atomic mass is 10.1. The van der Waals surface area contributed by atoms with Crippen molar-refractivity contribution in [2.45, 2.75) is 13.5 Å². The quantitative estimate of drug-likeness (QED) is 0.299. The van der Waals surface area contributed by atoms with Crippen LogP contribution in [-0.2, 0) is 6.61 Å². The van der Waals surface area contributed by atoms with Crippen LogP contribution in [0.1, 0.15) is 16.7 Å². The molecule has 0 spiro atoms. The minimum absolute atomic E-state index is 0.0706. The molecule has 2 aromatic heterocycles. The molecule has 0 amide bonds. The number of rotatable bonds is 5. The number of nitro groups is 1. The second-order valence-electron chi connectivity index (χ2n) is 7.33. The molecule has 0 unspecified atom stereocenters. The molecule has 0 aliphatic carbocycles. The summed E-state index contributed by atoms with van der Waals surface area (Å²) in [6.45, 7) is 2.31. The molecule has 0 aliphatic rings. The Labute approximate surface area is 186 Å². The van der Waals surface area contributed by atoms with Gasteiger partial charge in [0.25, 0.3) is 11.2 Å². The van der Waals surface area contributed by atoms with Crippen LogP contribution in [0.25, 0.3) is 22.1 Å². The number of aryl methyl sites for hydroxylation is 1. The monoisotopic (exact) mass is 443 g/mol. The lowest BCUT2D eigenvalue weighted by Gasteiger charge is -2.11. The Morgan fingerprint density at radius 2 is 1.91 bits per heavy atom. The molecule has 0 bridgehead atoms. The van der Waals surface area contributed by atoms with Gasteiger partial charge in [0.1, 0.15) is 12.4 Å². The molecule has 5 rings (SSSR count). The first-order chi connectivity index (χ1) is 15.5. The van der Waals surface area contributed by atoms with Gasteiger partial charge in [-0.25, -0.2) is 9.38 Å². The smallest absolute Gasteiger partial charge is 0.274 e. The van der Waals surface area contributed by atoms with E-state index in [1.54, 1.807) is 16.5 Å². The van der Waals surface area contributed by atoms with Crippen molar-refractivity contribution in [3.8, 4) is 5.75 Å². The Kier molecular flexibility index (Phi) is 4.91. The lowest BCUT2D eigenvalue weighted by Crippen LogP contribution is -2.22. The largest absolute Gasteiger partial charge is 0.488 e. The molecule has 7 nitrogen and oxygen atoms in total. The van der Waals surface area contributed by atoms with E-state index >= 15 is 0 Å². The lowest BCUT2D eigenvalue weighted by molar-refractivity contribution is -0.384. The van der Waals surface area contributed by atoms with Gasteiger partial charge in [0.15, 0.2) is 4.96 Å². The molecule has 0 saturated carbocycles. The highest BCUT2D eigenvalue weighted by Gasteiger charge is 2.14. The van der Waals surface area contributed by atoms with Crippen molar-refractivity contribution in [1.29, 1.82) is 0 Å². The SMILES string of the molecule is Cc1ccccc1COc1ccc([N+](=O)[O-])cc1/C=c1/sc2nc3ccccc3n2c1=O. The van der Waals surface area contributed by atoms with Crippen LogP contribution in [0, 0.1) is 17.0 Å². The molecule has 5 aromatic rings. The molecule has 158 valence electrons. The van der Waals surface area contributed by atoms with Gasteiger partial charge < -0.3 is 4.74 Å². The zero-order chi connectivity index (χ0) is 22.2. The second kappa shape index (κ2) is 7.90. The van der Waals surface area contributed by atoms with Gasteiger partial charge >= 0.3 is 0 Å². The first kappa shape index (κ1) is 19.9. The highest BCUT2D eigenvalue weighted by atomic mass is 32.1. The molecular formula is C24H17N3O4S. The Hall–Kier alpha value is -4.04. The van der Waals surface area contributed by atoms with Gasteiger partial charge in [-0.05, 0) is 42.3 Å². The average molecular weight is 443 g/mol. The fourth-order valence-corrected chi connectivity index (χ4v) is 4.55. The van der Waals surface area contributed by atoms with E-state index in [4.69, 9.17) is 4.74 Å². The number of nitrogens with zero attached hydrogens (tertiary/aromatic N) is 3. The maximum absolute atomic E-state index is 13.1. The summed E-state index contributed by atoms with van der Waals surface area (Å²) in [5.74, 6) is 0.467. The number of nitro benzene ring substituents is 1. The van der Waals surface area contributed by atoms with Crippen LogP contribution < -0.4 is 14.8 Å². The van der Waals surface area contributed by atoms with Crippen molar-refractivity contribution in [2.24, 2.45) is 0 Å². The number of benzene rings is 3. The highest BCUT2D eigenvalue weighted by molar-refractivity contribution is 7.15. The van der Waals surface area contributed by atoms with E-state index in [0.29, 0.717) is 27.4 Å². The van der Waals surface area contributed by atoms with Gasteiger partial charge in [0.2, 0.25) is 0 Å². The van der Waals surface area contributed by atoms with Crippen molar-refractivity contribution >= 4 is 39.1 Å². The molecule has 0 saturated heterocycles. The third-order valence-corrected chi connectivity index (χ3v) is 6.25. The van der Waals surface area contributed by atoms with Gasteiger partial charge in [0, 0.05) is 17.7 Å². The van der Waals surface area contributed by atoms with E-state index in [1.807, 2.05) is 55.5 Å². The van der Waals surface area contributed by atoms with E-state index in [0.717, 1.165) is 22.2 Å². The molecule has 0 radical (unpaired) electrons. The Balaban J connectivity index is 1.61. The summed E-state index contributed by atoms with van der Waals surface area (Å²) in [6.07, 6.45) is 1.64. The van der Waals surface area contributed by atoms with Gasteiger partial charge in [0.05, 0.1) is 20.5 Å². The maximum Gasteiger partial charge on any atom is 0.274 e. The Bertz CT molecular complexity index is 1600. The number of fused-ring (bicyclic) bond motifs is 3. The summed E-state index contributed by atoms with van der Waals surface area (Å²) < 4.78 is 8.00. The normalized spacial score (nSPS) is 12.0. The fourth-order valence-electron chi connectivity index (χ4n) is 3.57. The summed E-state index contributed by atoms with van der Waals surface area (Å²) in [4.78, 5) is 29.1. The number of hydrogen-bond donors (Lipinski definition) is 0. The number of para-hydroxylation sites is 2. The van der Waals surface area contributed by atoms with Crippen LogP contribution in [0.5, 0.6) is 5.75 Å². The zero-order valence-corrected chi connectivity index (χ0v) is 17.8. The van der Waals surface area contributed by atoms with E-state index in [2.05, 4.69) is 4.98 Å². The van der Waals surface area contributed by atoms with E-state index < -0.39 is 4.92 Å². The summed E-state index contributed by atoms with van der Waals surface area (Å²) in [5, 5.41) is 11.3. The zero-order valence-electron chi connectivity index (χ0n) is 17.0. The minimum Gasteiger partial charge on any atom is -0.488 e. The van der Waals surface area contributed by atoms with Crippen LogP contribution in [0.3, 0.4) is 0 Å².